The maximum Gasteiger partial charge on any atom is 0.343 e. The second-order valence-corrected chi connectivity index (χ2v) is 7.58. The van der Waals surface area contributed by atoms with Crippen molar-refractivity contribution in [3.8, 4) is 23.0 Å². The van der Waals surface area contributed by atoms with Gasteiger partial charge in [-0.15, -0.1) is 0 Å². The number of benzene rings is 4. The summed E-state index contributed by atoms with van der Waals surface area (Å²) in [5.41, 5.74) is 3.17. The molecule has 0 aromatic heterocycles. The van der Waals surface area contributed by atoms with E-state index in [1.807, 2.05) is 24.3 Å². The molecule has 4 rings (SSSR count). The lowest BCUT2D eigenvalue weighted by molar-refractivity contribution is 0.0734. The fourth-order valence-electron chi connectivity index (χ4n) is 3.24. The van der Waals surface area contributed by atoms with Gasteiger partial charge in [-0.25, -0.2) is 4.79 Å². The molecule has 0 aliphatic rings. The van der Waals surface area contributed by atoms with Crippen LogP contribution in [0.5, 0.6) is 23.0 Å². The number of hydrogen-bond acceptors (Lipinski definition) is 5. The molecule has 5 heteroatoms. The molecule has 0 heterocycles. The predicted molar refractivity (Wildman–Crippen MR) is 125 cm³/mol. The first-order chi connectivity index (χ1) is 16.0. The monoisotopic (exact) mass is 438 g/mol. The van der Waals surface area contributed by atoms with Crippen molar-refractivity contribution in [2.45, 2.75) is 13.3 Å². The Kier molecular flexibility index (Phi) is 6.51. The minimum absolute atomic E-state index is 0.00334. The molecule has 1 N–H and O–H groups in total. The molecular formula is C28H22O5. The largest absolute Gasteiger partial charge is 0.508 e. The van der Waals surface area contributed by atoms with Gasteiger partial charge in [-0.2, -0.15) is 0 Å². The molecule has 0 saturated heterocycles. The topological polar surface area (TPSA) is 72.8 Å². The number of Topliss-reactive ketones (excluding diaryl/α,β-unsaturated/α-hetero) is 1. The number of ketones is 1. The number of carbonyl (C=O) groups excluding carboxylic acids is 2. The summed E-state index contributed by atoms with van der Waals surface area (Å²) < 4.78 is 11.2. The molecule has 0 atom stereocenters. The molecule has 164 valence electrons. The Hall–Kier alpha value is -4.38. The van der Waals surface area contributed by atoms with Gasteiger partial charge in [0.1, 0.15) is 23.0 Å². The second kappa shape index (κ2) is 9.83. The molecule has 0 amide bonds. The summed E-state index contributed by atoms with van der Waals surface area (Å²) in [7, 11) is 0. The third-order valence-corrected chi connectivity index (χ3v) is 5.07. The summed E-state index contributed by atoms with van der Waals surface area (Å²) in [5, 5.41) is 9.38. The average molecular weight is 438 g/mol. The van der Waals surface area contributed by atoms with E-state index in [0.29, 0.717) is 34.8 Å². The highest BCUT2D eigenvalue weighted by Crippen LogP contribution is 2.23. The smallest absolute Gasteiger partial charge is 0.343 e. The lowest BCUT2D eigenvalue weighted by Gasteiger charge is -2.08. The Morgan fingerprint density at radius 2 is 1.09 bits per heavy atom. The molecule has 5 nitrogen and oxygen atoms in total. The third kappa shape index (κ3) is 5.86. The molecular weight excluding hydrogens is 416 g/mol. The first-order valence-electron chi connectivity index (χ1n) is 10.4. The molecule has 4 aromatic carbocycles. The molecule has 0 fully saturated rings. The van der Waals surface area contributed by atoms with Crippen LogP contribution in [0.4, 0.5) is 0 Å². The van der Waals surface area contributed by atoms with Crippen molar-refractivity contribution in [2.24, 2.45) is 0 Å². The predicted octanol–water partition coefficient (Wildman–Crippen LogP) is 6.20. The molecule has 0 aliphatic carbocycles. The Morgan fingerprint density at radius 3 is 1.61 bits per heavy atom. The van der Waals surface area contributed by atoms with Crippen LogP contribution in [0, 0.1) is 0 Å². The van der Waals surface area contributed by atoms with Gasteiger partial charge in [-0.3, -0.25) is 4.79 Å². The van der Waals surface area contributed by atoms with Crippen LogP contribution in [0.2, 0.25) is 0 Å². The van der Waals surface area contributed by atoms with E-state index in [9.17, 15) is 14.7 Å². The highest BCUT2D eigenvalue weighted by molar-refractivity contribution is 5.94. The number of rotatable bonds is 7. The van der Waals surface area contributed by atoms with E-state index in [0.717, 1.165) is 11.1 Å². The van der Waals surface area contributed by atoms with Crippen LogP contribution in [0.25, 0.3) is 0 Å². The number of carbonyl (C=O) groups is 2. The van der Waals surface area contributed by atoms with Gasteiger partial charge in [0.15, 0.2) is 5.78 Å². The molecule has 0 radical (unpaired) electrons. The third-order valence-electron chi connectivity index (χ3n) is 5.07. The molecule has 0 spiro atoms. The van der Waals surface area contributed by atoms with Crippen LogP contribution >= 0.6 is 0 Å². The van der Waals surface area contributed by atoms with Crippen LogP contribution in [-0.4, -0.2) is 16.9 Å². The Morgan fingerprint density at radius 1 is 0.636 bits per heavy atom. The Bertz CT molecular complexity index is 1240. The van der Waals surface area contributed by atoms with Crippen LogP contribution in [0.15, 0.2) is 97.1 Å². The van der Waals surface area contributed by atoms with Gasteiger partial charge >= 0.3 is 5.97 Å². The first-order valence-corrected chi connectivity index (χ1v) is 10.4. The molecule has 0 unspecified atom stereocenters. The summed E-state index contributed by atoms with van der Waals surface area (Å²) in [4.78, 5) is 23.8. The lowest BCUT2D eigenvalue weighted by Crippen LogP contribution is -2.08. The van der Waals surface area contributed by atoms with Gasteiger partial charge in [-0.1, -0.05) is 24.3 Å². The van der Waals surface area contributed by atoms with E-state index in [1.165, 1.54) is 6.92 Å². The van der Waals surface area contributed by atoms with Crippen molar-refractivity contribution >= 4 is 11.8 Å². The van der Waals surface area contributed by atoms with Gasteiger partial charge in [-0.05, 0) is 97.3 Å². The molecule has 0 aliphatic heterocycles. The Balaban J connectivity index is 1.34. The van der Waals surface area contributed by atoms with E-state index >= 15 is 0 Å². The minimum atomic E-state index is -0.460. The van der Waals surface area contributed by atoms with Gasteiger partial charge in [0.25, 0.3) is 0 Å². The number of esters is 1. The first kappa shape index (κ1) is 21.8. The maximum atomic E-state index is 12.5. The minimum Gasteiger partial charge on any atom is -0.508 e. The van der Waals surface area contributed by atoms with E-state index in [-0.39, 0.29) is 11.5 Å². The van der Waals surface area contributed by atoms with Gasteiger partial charge in [0, 0.05) is 5.56 Å². The van der Waals surface area contributed by atoms with E-state index in [4.69, 9.17) is 9.47 Å². The fraction of sp³-hybridized carbons (Fsp3) is 0.0714. The number of ether oxygens (including phenoxy) is 2. The number of hydrogen-bond donors (Lipinski definition) is 1. The average Bonchev–Trinajstić information content (AvgIpc) is 2.82. The number of aromatic hydroxyl groups is 1. The summed E-state index contributed by atoms with van der Waals surface area (Å²) >= 11 is 0. The zero-order valence-electron chi connectivity index (χ0n) is 18.0. The van der Waals surface area contributed by atoms with Crippen LogP contribution < -0.4 is 9.47 Å². The van der Waals surface area contributed by atoms with Crippen molar-refractivity contribution < 1.29 is 24.2 Å². The summed E-state index contributed by atoms with van der Waals surface area (Å²) in [6, 6.07) is 27.9. The SMILES string of the molecule is CC(=O)c1ccc(Oc2ccc(C(=O)Oc3ccc(Cc4ccc(O)cc4)cc3)cc2)cc1. The highest BCUT2D eigenvalue weighted by Gasteiger charge is 2.10. The van der Waals surface area contributed by atoms with Crippen molar-refractivity contribution in [1.29, 1.82) is 0 Å². The Labute approximate surface area is 191 Å². The van der Waals surface area contributed by atoms with Crippen LogP contribution in [-0.2, 0) is 6.42 Å². The second-order valence-electron chi connectivity index (χ2n) is 7.58. The van der Waals surface area contributed by atoms with Crippen molar-refractivity contribution in [3.05, 3.63) is 119 Å². The number of phenolic OH excluding ortho intramolecular Hbond substituents is 1. The van der Waals surface area contributed by atoms with Gasteiger partial charge in [0.2, 0.25) is 0 Å². The summed E-state index contributed by atoms with van der Waals surface area (Å²) in [6.07, 6.45) is 0.716. The van der Waals surface area contributed by atoms with Crippen molar-refractivity contribution in [3.63, 3.8) is 0 Å². The highest BCUT2D eigenvalue weighted by atomic mass is 16.5. The zero-order valence-corrected chi connectivity index (χ0v) is 18.0. The van der Waals surface area contributed by atoms with Crippen LogP contribution in [0.3, 0.4) is 0 Å². The molecule has 33 heavy (non-hydrogen) atoms. The van der Waals surface area contributed by atoms with E-state index in [2.05, 4.69) is 0 Å². The van der Waals surface area contributed by atoms with E-state index < -0.39 is 5.97 Å². The quantitative estimate of drug-likeness (QED) is 0.211. The van der Waals surface area contributed by atoms with Gasteiger partial charge in [0.05, 0.1) is 5.56 Å². The fourth-order valence-corrected chi connectivity index (χ4v) is 3.24. The standard InChI is InChI=1S/C28H22O5/c1-19(29)22-6-14-25(15-7-22)32-26-16-8-23(9-17-26)28(31)33-27-12-4-21(5-13-27)18-20-2-10-24(30)11-3-20/h2-17,30H,18H2,1H3. The lowest BCUT2D eigenvalue weighted by atomic mass is 10.0. The maximum absolute atomic E-state index is 12.5. The van der Waals surface area contributed by atoms with Crippen molar-refractivity contribution in [2.75, 3.05) is 0 Å². The molecule has 0 bridgehead atoms. The molecule has 4 aromatic rings. The normalized spacial score (nSPS) is 10.5. The zero-order chi connectivity index (χ0) is 23.2. The van der Waals surface area contributed by atoms with Crippen molar-refractivity contribution in [1.82, 2.24) is 0 Å². The summed E-state index contributed by atoms with van der Waals surface area (Å²) in [6.45, 7) is 1.51. The van der Waals surface area contributed by atoms with Crippen LogP contribution in [0.1, 0.15) is 38.8 Å². The van der Waals surface area contributed by atoms with E-state index in [1.54, 1.807) is 72.8 Å². The number of phenols is 1. The molecule has 0 saturated carbocycles. The van der Waals surface area contributed by atoms with Gasteiger partial charge < -0.3 is 14.6 Å². The summed E-state index contributed by atoms with van der Waals surface area (Å²) in [5.74, 6) is 1.41.